The summed E-state index contributed by atoms with van der Waals surface area (Å²) in [5.41, 5.74) is -0.0220. The Morgan fingerprint density at radius 1 is 1.44 bits per heavy atom. The maximum absolute atomic E-state index is 13.5. The maximum atomic E-state index is 13.5. The van der Waals surface area contributed by atoms with Crippen LogP contribution in [0.4, 0.5) is 14.9 Å². The standard InChI is InChI=1S/C11H10ClFN2O3/c12-7-2-1-3-8(9(7)13)14-11(18)15-4-6(5-15)10(16)17/h1-3,6H,4-5H2,(H,14,18)(H,16,17). The topological polar surface area (TPSA) is 69.6 Å². The average molecular weight is 273 g/mol. The SMILES string of the molecule is O=C(O)C1CN(C(=O)Nc2cccc(Cl)c2F)C1. The molecule has 5 nitrogen and oxygen atoms in total. The molecule has 2 amide bonds. The maximum Gasteiger partial charge on any atom is 0.321 e. The summed E-state index contributed by atoms with van der Waals surface area (Å²) in [5, 5.41) is 10.9. The lowest BCUT2D eigenvalue weighted by Gasteiger charge is -2.36. The van der Waals surface area contributed by atoms with E-state index in [1.807, 2.05) is 0 Å². The number of urea groups is 1. The number of rotatable bonds is 2. The molecule has 0 atom stereocenters. The number of nitrogens with one attached hydrogen (secondary N) is 1. The number of hydrogen-bond donors (Lipinski definition) is 2. The number of aliphatic carboxylic acids is 1. The van der Waals surface area contributed by atoms with E-state index in [9.17, 15) is 14.0 Å². The van der Waals surface area contributed by atoms with Crippen molar-refractivity contribution in [2.24, 2.45) is 5.92 Å². The fourth-order valence-electron chi connectivity index (χ4n) is 1.60. The largest absolute Gasteiger partial charge is 0.481 e. The predicted molar refractivity (Wildman–Crippen MR) is 63.1 cm³/mol. The van der Waals surface area contributed by atoms with E-state index in [0.29, 0.717) is 0 Å². The van der Waals surface area contributed by atoms with Crippen molar-refractivity contribution in [3.05, 3.63) is 29.0 Å². The van der Waals surface area contributed by atoms with Crippen LogP contribution in [0, 0.1) is 11.7 Å². The molecule has 1 fully saturated rings. The van der Waals surface area contributed by atoms with Gasteiger partial charge in [-0.1, -0.05) is 17.7 Å². The molecule has 1 aromatic rings. The highest BCUT2D eigenvalue weighted by Gasteiger charge is 2.35. The number of likely N-dealkylation sites (tertiary alicyclic amines) is 1. The van der Waals surface area contributed by atoms with E-state index in [-0.39, 0.29) is 23.8 Å². The van der Waals surface area contributed by atoms with E-state index in [1.54, 1.807) is 0 Å². The number of anilines is 1. The molecule has 1 aliphatic rings. The molecule has 1 saturated heterocycles. The molecular formula is C11H10ClFN2O3. The molecule has 7 heteroatoms. The van der Waals surface area contributed by atoms with Crippen LogP contribution in [-0.2, 0) is 4.79 Å². The number of benzene rings is 1. The van der Waals surface area contributed by atoms with Gasteiger partial charge in [-0.25, -0.2) is 9.18 Å². The zero-order valence-electron chi connectivity index (χ0n) is 9.19. The van der Waals surface area contributed by atoms with Gasteiger partial charge in [0.05, 0.1) is 16.6 Å². The molecule has 2 N–H and O–H groups in total. The number of nitrogens with zero attached hydrogens (tertiary/aromatic N) is 1. The summed E-state index contributed by atoms with van der Waals surface area (Å²) >= 11 is 5.57. The molecule has 0 radical (unpaired) electrons. The molecule has 0 aliphatic carbocycles. The van der Waals surface area contributed by atoms with Crippen molar-refractivity contribution in [3.8, 4) is 0 Å². The lowest BCUT2D eigenvalue weighted by Crippen LogP contribution is -2.54. The molecule has 0 unspecified atom stereocenters. The minimum atomic E-state index is -0.937. The Labute approximate surface area is 107 Å². The monoisotopic (exact) mass is 272 g/mol. The van der Waals surface area contributed by atoms with Crippen molar-refractivity contribution in [2.45, 2.75) is 0 Å². The third kappa shape index (κ3) is 2.38. The lowest BCUT2D eigenvalue weighted by molar-refractivity contribution is -0.145. The van der Waals surface area contributed by atoms with Gasteiger partial charge in [-0.2, -0.15) is 0 Å². The molecule has 1 aliphatic heterocycles. The summed E-state index contributed by atoms with van der Waals surface area (Å²) in [6.45, 7) is 0.257. The first kappa shape index (κ1) is 12.6. The normalized spacial score (nSPS) is 15.1. The summed E-state index contributed by atoms with van der Waals surface area (Å²) in [7, 11) is 0. The van der Waals surface area contributed by atoms with Gasteiger partial charge >= 0.3 is 12.0 Å². The molecule has 1 aromatic carbocycles. The average Bonchev–Trinajstić information content (AvgIpc) is 2.22. The predicted octanol–water partition coefficient (Wildman–Crippen LogP) is 2.03. The molecule has 18 heavy (non-hydrogen) atoms. The highest BCUT2D eigenvalue weighted by Crippen LogP contribution is 2.23. The van der Waals surface area contributed by atoms with Crippen LogP contribution < -0.4 is 5.32 Å². The van der Waals surface area contributed by atoms with Gasteiger partial charge in [0.1, 0.15) is 0 Å². The zero-order valence-corrected chi connectivity index (χ0v) is 9.95. The quantitative estimate of drug-likeness (QED) is 0.865. The Bertz CT molecular complexity index is 503. The van der Waals surface area contributed by atoms with Crippen LogP contribution in [0.2, 0.25) is 5.02 Å². The first-order valence-electron chi connectivity index (χ1n) is 5.22. The van der Waals surface area contributed by atoms with Crippen LogP contribution in [0.25, 0.3) is 0 Å². The van der Waals surface area contributed by atoms with E-state index in [4.69, 9.17) is 16.7 Å². The van der Waals surface area contributed by atoms with Crippen molar-refractivity contribution >= 4 is 29.3 Å². The highest BCUT2D eigenvalue weighted by atomic mass is 35.5. The molecule has 0 bridgehead atoms. The number of hydrogen-bond acceptors (Lipinski definition) is 2. The number of carboxylic acid groups (broad SMARTS) is 1. The number of halogens is 2. The summed E-state index contributed by atoms with van der Waals surface area (Å²) in [6.07, 6.45) is 0. The van der Waals surface area contributed by atoms with Crippen LogP contribution >= 0.6 is 11.6 Å². The summed E-state index contributed by atoms with van der Waals surface area (Å²) in [6, 6.07) is 3.73. The van der Waals surface area contributed by atoms with E-state index in [0.717, 1.165) is 0 Å². The molecule has 0 aromatic heterocycles. The summed E-state index contributed by atoms with van der Waals surface area (Å²) < 4.78 is 13.5. The van der Waals surface area contributed by atoms with Gasteiger partial charge in [-0.15, -0.1) is 0 Å². The van der Waals surface area contributed by atoms with Crippen LogP contribution in [0.3, 0.4) is 0 Å². The van der Waals surface area contributed by atoms with Crippen molar-refractivity contribution < 1.29 is 19.1 Å². The fourth-order valence-corrected chi connectivity index (χ4v) is 1.77. The van der Waals surface area contributed by atoms with Gasteiger partial charge in [0, 0.05) is 13.1 Å². The van der Waals surface area contributed by atoms with Gasteiger partial charge in [-0.3, -0.25) is 4.79 Å². The Morgan fingerprint density at radius 3 is 2.72 bits per heavy atom. The Balaban J connectivity index is 1.97. The number of carbonyl (C=O) groups excluding carboxylic acids is 1. The molecule has 1 heterocycles. The molecular weight excluding hydrogens is 263 g/mol. The molecule has 0 spiro atoms. The van der Waals surface area contributed by atoms with E-state index in [2.05, 4.69) is 5.32 Å². The molecule has 96 valence electrons. The van der Waals surface area contributed by atoms with Gasteiger partial charge in [0.25, 0.3) is 0 Å². The van der Waals surface area contributed by atoms with Crippen molar-refractivity contribution in [2.75, 3.05) is 18.4 Å². The highest BCUT2D eigenvalue weighted by molar-refractivity contribution is 6.31. The third-order valence-corrected chi connectivity index (χ3v) is 3.00. The zero-order chi connectivity index (χ0) is 13.3. The molecule has 0 saturated carbocycles. The van der Waals surface area contributed by atoms with E-state index in [1.165, 1.54) is 23.1 Å². The van der Waals surface area contributed by atoms with Crippen LogP contribution in [0.15, 0.2) is 18.2 Å². The van der Waals surface area contributed by atoms with Crippen molar-refractivity contribution in [1.82, 2.24) is 4.90 Å². The number of carboxylic acids is 1. The van der Waals surface area contributed by atoms with E-state index >= 15 is 0 Å². The van der Waals surface area contributed by atoms with Gasteiger partial charge in [-0.05, 0) is 12.1 Å². The second-order valence-electron chi connectivity index (χ2n) is 3.97. The Hall–Kier alpha value is -1.82. The smallest absolute Gasteiger partial charge is 0.321 e. The number of amides is 2. The Morgan fingerprint density at radius 2 is 2.11 bits per heavy atom. The second-order valence-corrected chi connectivity index (χ2v) is 4.38. The minimum Gasteiger partial charge on any atom is -0.481 e. The first-order valence-corrected chi connectivity index (χ1v) is 5.59. The fraction of sp³-hybridized carbons (Fsp3) is 0.273. The molecule has 2 rings (SSSR count). The van der Waals surface area contributed by atoms with Crippen LogP contribution in [0.1, 0.15) is 0 Å². The van der Waals surface area contributed by atoms with Crippen LogP contribution in [0.5, 0.6) is 0 Å². The third-order valence-electron chi connectivity index (χ3n) is 2.71. The summed E-state index contributed by atoms with van der Waals surface area (Å²) in [4.78, 5) is 23.5. The minimum absolute atomic E-state index is 0.0220. The first-order chi connectivity index (χ1) is 8.49. The number of carbonyl (C=O) groups is 2. The van der Waals surface area contributed by atoms with Crippen molar-refractivity contribution in [3.63, 3.8) is 0 Å². The second kappa shape index (κ2) is 4.81. The Kier molecular flexibility index (Phi) is 3.38. The lowest BCUT2D eigenvalue weighted by atomic mass is 10.0. The van der Waals surface area contributed by atoms with Crippen LogP contribution in [-0.4, -0.2) is 35.1 Å². The van der Waals surface area contributed by atoms with Gasteiger partial charge < -0.3 is 15.3 Å². The van der Waals surface area contributed by atoms with Gasteiger partial charge in [0.2, 0.25) is 0 Å². The van der Waals surface area contributed by atoms with E-state index < -0.39 is 23.7 Å². The van der Waals surface area contributed by atoms with Gasteiger partial charge in [0.15, 0.2) is 5.82 Å². The van der Waals surface area contributed by atoms with Crippen molar-refractivity contribution in [1.29, 1.82) is 0 Å². The summed E-state index contributed by atoms with van der Waals surface area (Å²) in [5.74, 6) is -2.18.